The highest BCUT2D eigenvalue weighted by Crippen LogP contribution is 2.27. The van der Waals surface area contributed by atoms with Gasteiger partial charge in [0.15, 0.2) is 0 Å². The number of rotatable bonds is 4. The van der Waals surface area contributed by atoms with E-state index in [4.69, 9.17) is 5.73 Å². The number of nitrogens with two attached hydrogens (primary N) is 1. The van der Waals surface area contributed by atoms with E-state index in [0.29, 0.717) is 0 Å². The Labute approximate surface area is 92.5 Å². The van der Waals surface area contributed by atoms with Gasteiger partial charge in [-0.25, -0.2) is 0 Å². The van der Waals surface area contributed by atoms with Crippen molar-refractivity contribution in [3.05, 3.63) is 20.8 Å². The monoisotopic (exact) mass is 261 g/mol. The van der Waals surface area contributed by atoms with Gasteiger partial charge >= 0.3 is 0 Å². The standard InChI is InChI=1S/C10H16BrNS/c1-10(2,7-12)6-5-8-3-4-9(11)13-8/h3-4H,5-7,12H2,1-2H3. The van der Waals surface area contributed by atoms with Crippen molar-refractivity contribution in [3.8, 4) is 0 Å². The van der Waals surface area contributed by atoms with Crippen LogP contribution in [0.3, 0.4) is 0 Å². The van der Waals surface area contributed by atoms with Crippen molar-refractivity contribution in [1.29, 1.82) is 0 Å². The Kier molecular flexibility index (Phi) is 3.95. The van der Waals surface area contributed by atoms with E-state index in [-0.39, 0.29) is 5.41 Å². The molecule has 3 heteroatoms. The lowest BCUT2D eigenvalue weighted by atomic mass is 9.88. The van der Waals surface area contributed by atoms with E-state index in [1.807, 2.05) is 11.3 Å². The third-order valence-electron chi connectivity index (χ3n) is 2.23. The summed E-state index contributed by atoms with van der Waals surface area (Å²) in [6.07, 6.45) is 2.30. The van der Waals surface area contributed by atoms with Crippen LogP contribution in [-0.4, -0.2) is 6.54 Å². The SMILES string of the molecule is CC(C)(CN)CCc1ccc(Br)s1. The molecule has 1 nitrogen and oxygen atoms in total. The van der Waals surface area contributed by atoms with Crippen LogP contribution in [0.25, 0.3) is 0 Å². The maximum atomic E-state index is 5.67. The number of thiophene rings is 1. The van der Waals surface area contributed by atoms with Gasteiger partial charge in [0, 0.05) is 4.88 Å². The lowest BCUT2D eigenvalue weighted by Crippen LogP contribution is -2.23. The van der Waals surface area contributed by atoms with Gasteiger partial charge in [-0.15, -0.1) is 11.3 Å². The Bertz CT molecular complexity index is 268. The minimum atomic E-state index is 0.274. The lowest BCUT2D eigenvalue weighted by Gasteiger charge is -2.21. The second kappa shape index (κ2) is 4.58. The predicted molar refractivity (Wildman–Crippen MR) is 63.2 cm³/mol. The first-order valence-electron chi connectivity index (χ1n) is 4.48. The van der Waals surface area contributed by atoms with Crippen LogP contribution < -0.4 is 5.73 Å². The molecule has 0 radical (unpaired) electrons. The Morgan fingerprint density at radius 2 is 2.15 bits per heavy atom. The van der Waals surface area contributed by atoms with E-state index < -0.39 is 0 Å². The minimum Gasteiger partial charge on any atom is -0.330 e. The summed E-state index contributed by atoms with van der Waals surface area (Å²) >= 11 is 5.28. The molecule has 1 rings (SSSR count). The van der Waals surface area contributed by atoms with E-state index in [0.717, 1.165) is 19.4 Å². The van der Waals surface area contributed by atoms with Crippen molar-refractivity contribution in [2.45, 2.75) is 26.7 Å². The maximum absolute atomic E-state index is 5.67. The number of halogens is 1. The van der Waals surface area contributed by atoms with Gasteiger partial charge in [0.25, 0.3) is 0 Å². The first-order chi connectivity index (χ1) is 6.03. The molecule has 1 aromatic heterocycles. The summed E-state index contributed by atoms with van der Waals surface area (Å²) in [4.78, 5) is 1.44. The molecule has 0 spiro atoms. The molecule has 0 saturated heterocycles. The smallest absolute Gasteiger partial charge is 0.0701 e. The fraction of sp³-hybridized carbons (Fsp3) is 0.600. The molecule has 1 aromatic rings. The number of aryl methyl sites for hydroxylation is 1. The molecule has 0 bridgehead atoms. The van der Waals surface area contributed by atoms with E-state index in [2.05, 4.69) is 41.9 Å². The summed E-state index contributed by atoms with van der Waals surface area (Å²) in [5, 5.41) is 0. The summed E-state index contributed by atoms with van der Waals surface area (Å²) in [6, 6.07) is 4.29. The Morgan fingerprint density at radius 1 is 1.46 bits per heavy atom. The van der Waals surface area contributed by atoms with Crippen molar-refractivity contribution in [1.82, 2.24) is 0 Å². The van der Waals surface area contributed by atoms with Crippen LogP contribution in [0.2, 0.25) is 0 Å². The van der Waals surface area contributed by atoms with Gasteiger partial charge in [0.2, 0.25) is 0 Å². The Balaban J connectivity index is 2.43. The normalized spacial score (nSPS) is 12.0. The zero-order valence-corrected chi connectivity index (χ0v) is 10.5. The van der Waals surface area contributed by atoms with Crippen molar-refractivity contribution < 1.29 is 0 Å². The quantitative estimate of drug-likeness (QED) is 0.883. The first-order valence-corrected chi connectivity index (χ1v) is 6.09. The second-order valence-corrected chi connectivity index (χ2v) is 6.62. The molecule has 0 aliphatic rings. The van der Waals surface area contributed by atoms with Crippen LogP contribution in [0, 0.1) is 5.41 Å². The van der Waals surface area contributed by atoms with E-state index >= 15 is 0 Å². The maximum Gasteiger partial charge on any atom is 0.0701 e. The van der Waals surface area contributed by atoms with Crippen molar-refractivity contribution in [3.63, 3.8) is 0 Å². The van der Waals surface area contributed by atoms with E-state index in [9.17, 15) is 0 Å². The van der Waals surface area contributed by atoms with Crippen LogP contribution in [-0.2, 0) is 6.42 Å². The molecule has 1 heterocycles. The third-order valence-corrected chi connectivity index (χ3v) is 3.91. The van der Waals surface area contributed by atoms with Gasteiger partial charge in [-0.1, -0.05) is 13.8 Å². The zero-order valence-electron chi connectivity index (χ0n) is 8.14. The summed E-state index contributed by atoms with van der Waals surface area (Å²) in [6.45, 7) is 5.20. The minimum absolute atomic E-state index is 0.274. The molecule has 0 fully saturated rings. The highest BCUT2D eigenvalue weighted by molar-refractivity contribution is 9.11. The second-order valence-electron chi connectivity index (χ2n) is 4.07. The van der Waals surface area contributed by atoms with Crippen molar-refractivity contribution in [2.75, 3.05) is 6.54 Å². The Hall–Kier alpha value is 0.140. The molecular weight excluding hydrogens is 246 g/mol. The van der Waals surface area contributed by atoms with Gasteiger partial charge in [0.1, 0.15) is 0 Å². The van der Waals surface area contributed by atoms with Crippen LogP contribution >= 0.6 is 27.3 Å². The van der Waals surface area contributed by atoms with Crippen molar-refractivity contribution >= 4 is 27.3 Å². The fourth-order valence-corrected chi connectivity index (χ4v) is 2.53. The molecule has 0 unspecified atom stereocenters. The molecule has 0 aliphatic heterocycles. The average Bonchev–Trinajstić information content (AvgIpc) is 2.48. The molecule has 0 saturated carbocycles. The first kappa shape index (κ1) is 11.2. The molecule has 74 valence electrons. The molecule has 0 aliphatic carbocycles. The average molecular weight is 262 g/mol. The highest BCUT2D eigenvalue weighted by atomic mass is 79.9. The Morgan fingerprint density at radius 3 is 2.62 bits per heavy atom. The van der Waals surface area contributed by atoms with E-state index in [1.165, 1.54) is 8.66 Å². The predicted octanol–water partition coefficient (Wildman–Crippen LogP) is 3.43. The van der Waals surface area contributed by atoms with Crippen LogP contribution in [0.5, 0.6) is 0 Å². The van der Waals surface area contributed by atoms with E-state index in [1.54, 1.807) is 0 Å². The fourth-order valence-electron chi connectivity index (χ4n) is 1.05. The third kappa shape index (κ3) is 3.79. The van der Waals surface area contributed by atoms with Gasteiger partial charge < -0.3 is 5.73 Å². The largest absolute Gasteiger partial charge is 0.330 e. The van der Waals surface area contributed by atoms with Crippen LogP contribution in [0.1, 0.15) is 25.1 Å². The van der Waals surface area contributed by atoms with Gasteiger partial charge in [-0.2, -0.15) is 0 Å². The summed E-state index contributed by atoms with van der Waals surface area (Å²) in [5.41, 5.74) is 5.94. The van der Waals surface area contributed by atoms with Gasteiger partial charge in [0.05, 0.1) is 3.79 Å². The molecule has 0 aromatic carbocycles. The molecule has 0 atom stereocenters. The lowest BCUT2D eigenvalue weighted by molar-refractivity contribution is 0.349. The molecular formula is C10H16BrNS. The zero-order chi connectivity index (χ0) is 9.90. The van der Waals surface area contributed by atoms with Crippen molar-refractivity contribution in [2.24, 2.45) is 11.1 Å². The number of hydrogen-bond donors (Lipinski definition) is 1. The van der Waals surface area contributed by atoms with Gasteiger partial charge in [-0.05, 0) is 52.9 Å². The summed E-state index contributed by atoms with van der Waals surface area (Å²) in [5.74, 6) is 0. The molecule has 0 amide bonds. The molecule has 13 heavy (non-hydrogen) atoms. The summed E-state index contributed by atoms with van der Waals surface area (Å²) < 4.78 is 1.22. The van der Waals surface area contributed by atoms with Gasteiger partial charge in [-0.3, -0.25) is 0 Å². The van der Waals surface area contributed by atoms with Crippen LogP contribution in [0.4, 0.5) is 0 Å². The molecule has 2 N–H and O–H groups in total. The van der Waals surface area contributed by atoms with Crippen LogP contribution in [0.15, 0.2) is 15.9 Å². The topological polar surface area (TPSA) is 26.0 Å². The summed E-state index contributed by atoms with van der Waals surface area (Å²) in [7, 11) is 0. The number of hydrogen-bond acceptors (Lipinski definition) is 2. The highest BCUT2D eigenvalue weighted by Gasteiger charge is 2.15.